The van der Waals surface area contributed by atoms with E-state index in [1.165, 1.54) is 11.6 Å². The van der Waals surface area contributed by atoms with Crippen molar-refractivity contribution in [2.75, 3.05) is 6.61 Å². The van der Waals surface area contributed by atoms with Crippen molar-refractivity contribution in [3.8, 4) is 16.9 Å². The first kappa shape index (κ1) is 16.5. The molecule has 4 heteroatoms. The molecule has 24 heavy (non-hydrogen) atoms. The summed E-state index contributed by atoms with van der Waals surface area (Å²) in [4.78, 5) is 0. The van der Waals surface area contributed by atoms with Gasteiger partial charge in [0.25, 0.3) is 0 Å². The van der Waals surface area contributed by atoms with Gasteiger partial charge >= 0.3 is 0 Å². The van der Waals surface area contributed by atoms with Crippen LogP contribution in [0.2, 0.25) is 0 Å². The van der Waals surface area contributed by atoms with Crippen molar-refractivity contribution >= 4 is 0 Å². The monoisotopic (exact) mass is 330 g/mol. The van der Waals surface area contributed by atoms with Gasteiger partial charge in [-0.25, -0.2) is 4.39 Å². The second kappa shape index (κ2) is 7.04. The highest BCUT2D eigenvalue weighted by atomic mass is 19.2. The van der Waals surface area contributed by atoms with Crippen molar-refractivity contribution < 1.29 is 18.3 Å². The Morgan fingerprint density at radius 1 is 1.08 bits per heavy atom. The van der Waals surface area contributed by atoms with Crippen LogP contribution in [0.1, 0.15) is 38.4 Å². The third kappa shape index (κ3) is 3.28. The molecule has 0 aliphatic carbocycles. The summed E-state index contributed by atoms with van der Waals surface area (Å²) < 4.78 is 39.1. The lowest BCUT2D eigenvalue weighted by molar-refractivity contribution is 0.121. The molecule has 0 fully saturated rings. The summed E-state index contributed by atoms with van der Waals surface area (Å²) in [6, 6.07) is 10.4. The maximum atomic E-state index is 14.3. The van der Waals surface area contributed by atoms with Gasteiger partial charge in [-0.3, -0.25) is 0 Å². The molecule has 0 N–H and O–H groups in total. The van der Waals surface area contributed by atoms with Gasteiger partial charge in [0.1, 0.15) is 6.10 Å². The lowest BCUT2D eigenvalue weighted by Gasteiger charge is -2.22. The molecule has 0 spiro atoms. The zero-order chi connectivity index (χ0) is 17.1. The van der Waals surface area contributed by atoms with E-state index in [1.54, 1.807) is 31.4 Å². The molecule has 1 aliphatic rings. The van der Waals surface area contributed by atoms with E-state index in [4.69, 9.17) is 9.47 Å². The summed E-state index contributed by atoms with van der Waals surface area (Å²) in [5.74, 6) is -1.90. The molecule has 1 unspecified atom stereocenters. The SMILES string of the molecule is CCOc1ccc(-c2ccc(C3CCC(C)=CO3)cc2)c(F)c1F. The number of benzene rings is 2. The Kier molecular flexibility index (Phi) is 4.84. The Hall–Kier alpha value is -2.36. The third-order valence-corrected chi connectivity index (χ3v) is 4.17. The van der Waals surface area contributed by atoms with Crippen LogP contribution >= 0.6 is 0 Å². The molecule has 1 aliphatic heterocycles. The molecular formula is C20H20F2O2. The van der Waals surface area contributed by atoms with Gasteiger partial charge in [0.05, 0.1) is 12.9 Å². The van der Waals surface area contributed by atoms with E-state index >= 15 is 0 Å². The van der Waals surface area contributed by atoms with Crippen molar-refractivity contribution in [2.45, 2.75) is 32.8 Å². The molecule has 0 saturated carbocycles. The average molecular weight is 330 g/mol. The summed E-state index contributed by atoms with van der Waals surface area (Å²) in [5.41, 5.74) is 3.12. The minimum Gasteiger partial charge on any atom is -0.493 e. The van der Waals surface area contributed by atoms with Gasteiger partial charge in [-0.1, -0.05) is 24.3 Å². The minimum atomic E-state index is -0.949. The molecular weight excluding hydrogens is 310 g/mol. The molecule has 0 aromatic heterocycles. The van der Waals surface area contributed by atoms with E-state index < -0.39 is 11.6 Å². The maximum absolute atomic E-state index is 14.3. The molecule has 0 saturated heterocycles. The van der Waals surface area contributed by atoms with Crippen molar-refractivity contribution in [1.82, 2.24) is 0 Å². The van der Waals surface area contributed by atoms with Crippen molar-refractivity contribution in [1.29, 1.82) is 0 Å². The Morgan fingerprint density at radius 3 is 2.46 bits per heavy atom. The first-order chi connectivity index (χ1) is 11.6. The Bertz CT molecular complexity index is 751. The van der Waals surface area contributed by atoms with Gasteiger partial charge in [-0.2, -0.15) is 4.39 Å². The van der Waals surface area contributed by atoms with E-state index in [9.17, 15) is 8.78 Å². The molecule has 2 aromatic carbocycles. The molecule has 126 valence electrons. The smallest absolute Gasteiger partial charge is 0.201 e. The van der Waals surface area contributed by atoms with Gasteiger partial charge in [-0.05, 0) is 55.5 Å². The zero-order valence-electron chi connectivity index (χ0n) is 13.8. The average Bonchev–Trinajstić information content (AvgIpc) is 2.60. The molecule has 2 nitrogen and oxygen atoms in total. The van der Waals surface area contributed by atoms with E-state index in [0.717, 1.165) is 18.4 Å². The fraction of sp³-hybridized carbons (Fsp3) is 0.300. The van der Waals surface area contributed by atoms with E-state index in [1.807, 2.05) is 19.1 Å². The number of hydrogen-bond donors (Lipinski definition) is 0. The minimum absolute atomic E-state index is 0.0182. The number of rotatable bonds is 4. The van der Waals surface area contributed by atoms with Crippen LogP contribution in [0.3, 0.4) is 0 Å². The van der Waals surface area contributed by atoms with Crippen molar-refractivity contribution in [3.05, 3.63) is 65.4 Å². The standard InChI is InChI=1S/C20H20F2O2/c1-3-23-18-11-9-16(19(21)20(18)22)14-5-7-15(8-6-14)17-10-4-13(2)12-24-17/h5-9,11-12,17H,3-4,10H2,1-2H3. The van der Waals surface area contributed by atoms with Gasteiger partial charge in [0.15, 0.2) is 11.6 Å². The largest absolute Gasteiger partial charge is 0.493 e. The quantitative estimate of drug-likeness (QED) is 0.707. The van der Waals surface area contributed by atoms with Gasteiger partial charge in [0.2, 0.25) is 5.82 Å². The topological polar surface area (TPSA) is 18.5 Å². The second-order valence-corrected chi connectivity index (χ2v) is 5.92. The van der Waals surface area contributed by atoms with Crippen LogP contribution in [-0.2, 0) is 4.74 Å². The summed E-state index contributed by atoms with van der Waals surface area (Å²) in [6.45, 7) is 4.07. The molecule has 0 amide bonds. The summed E-state index contributed by atoms with van der Waals surface area (Å²) >= 11 is 0. The molecule has 2 aromatic rings. The molecule has 1 atom stereocenters. The number of allylic oxidation sites excluding steroid dienone is 1. The highest BCUT2D eigenvalue weighted by molar-refractivity contribution is 5.65. The lowest BCUT2D eigenvalue weighted by Crippen LogP contribution is -2.06. The maximum Gasteiger partial charge on any atom is 0.201 e. The predicted molar refractivity (Wildman–Crippen MR) is 89.8 cm³/mol. The van der Waals surface area contributed by atoms with Crippen LogP contribution in [0.25, 0.3) is 11.1 Å². The van der Waals surface area contributed by atoms with E-state index in [2.05, 4.69) is 0 Å². The summed E-state index contributed by atoms with van der Waals surface area (Å²) in [6.07, 6.45) is 3.74. The normalized spacial score (nSPS) is 17.2. The predicted octanol–water partition coefficient (Wildman–Crippen LogP) is 5.79. The first-order valence-electron chi connectivity index (χ1n) is 8.12. The van der Waals surface area contributed by atoms with Crippen LogP contribution in [0.5, 0.6) is 5.75 Å². The zero-order valence-corrected chi connectivity index (χ0v) is 13.8. The molecule has 3 rings (SSSR count). The highest BCUT2D eigenvalue weighted by Gasteiger charge is 2.18. The molecule has 1 heterocycles. The van der Waals surface area contributed by atoms with Crippen LogP contribution in [0.15, 0.2) is 48.2 Å². The Labute approximate surface area is 140 Å². The van der Waals surface area contributed by atoms with Crippen LogP contribution in [0, 0.1) is 11.6 Å². The van der Waals surface area contributed by atoms with Crippen LogP contribution in [-0.4, -0.2) is 6.61 Å². The highest BCUT2D eigenvalue weighted by Crippen LogP contribution is 2.33. The van der Waals surface area contributed by atoms with Gasteiger partial charge < -0.3 is 9.47 Å². The number of hydrogen-bond acceptors (Lipinski definition) is 2. The Balaban J connectivity index is 1.85. The lowest BCUT2D eigenvalue weighted by atomic mass is 9.97. The fourth-order valence-electron chi connectivity index (χ4n) is 2.83. The van der Waals surface area contributed by atoms with Gasteiger partial charge in [-0.15, -0.1) is 0 Å². The van der Waals surface area contributed by atoms with Gasteiger partial charge in [0, 0.05) is 5.56 Å². The third-order valence-electron chi connectivity index (χ3n) is 4.17. The summed E-state index contributed by atoms with van der Waals surface area (Å²) in [5, 5.41) is 0. The number of ether oxygens (including phenoxy) is 2. The molecule has 0 radical (unpaired) electrons. The molecule has 0 bridgehead atoms. The van der Waals surface area contributed by atoms with E-state index in [-0.39, 0.29) is 17.4 Å². The number of halogens is 2. The Morgan fingerprint density at radius 2 is 1.83 bits per heavy atom. The fourth-order valence-corrected chi connectivity index (χ4v) is 2.83. The van der Waals surface area contributed by atoms with Crippen LogP contribution < -0.4 is 4.74 Å². The van der Waals surface area contributed by atoms with Crippen molar-refractivity contribution in [3.63, 3.8) is 0 Å². The summed E-state index contributed by atoms with van der Waals surface area (Å²) in [7, 11) is 0. The second-order valence-electron chi connectivity index (χ2n) is 5.92. The van der Waals surface area contributed by atoms with Crippen molar-refractivity contribution in [2.24, 2.45) is 0 Å². The van der Waals surface area contributed by atoms with Crippen LogP contribution in [0.4, 0.5) is 8.78 Å². The first-order valence-corrected chi connectivity index (χ1v) is 8.12. The van der Waals surface area contributed by atoms with E-state index in [0.29, 0.717) is 12.2 Å².